The maximum Gasteiger partial charge on any atom is 0.270 e. The molecular formula is C27H25N5O3S. The Morgan fingerprint density at radius 3 is 2.78 bits per heavy atom. The highest BCUT2D eigenvalue weighted by Crippen LogP contribution is 2.47. The molecular weight excluding hydrogens is 474 g/mol. The second kappa shape index (κ2) is 8.30. The van der Waals surface area contributed by atoms with Crippen molar-refractivity contribution in [2.24, 2.45) is 10.9 Å². The van der Waals surface area contributed by atoms with Crippen LogP contribution in [0.15, 0.2) is 70.7 Å². The number of benzene rings is 2. The summed E-state index contributed by atoms with van der Waals surface area (Å²) in [5.74, 6) is -0.358. The van der Waals surface area contributed by atoms with Crippen molar-refractivity contribution in [3.63, 3.8) is 0 Å². The minimum Gasteiger partial charge on any atom is -0.465 e. The van der Waals surface area contributed by atoms with E-state index in [0.717, 1.165) is 28.9 Å². The summed E-state index contributed by atoms with van der Waals surface area (Å²) < 4.78 is 10.4. The van der Waals surface area contributed by atoms with Gasteiger partial charge in [0.1, 0.15) is 11.7 Å². The van der Waals surface area contributed by atoms with E-state index in [2.05, 4.69) is 10.4 Å². The number of amides is 1. The Labute approximate surface area is 211 Å². The number of fused-ring (bicyclic) bond motifs is 6. The molecule has 0 radical (unpaired) electrons. The SMILES string of the molecule is CCn1cc(/C=c2\sc3n(c2=O)[C@H]2c4ccccc4O[C@](C)(N=3)[C@H]2C(=O)Nc2ccccc2C)cn1. The van der Waals surface area contributed by atoms with Crippen LogP contribution >= 0.6 is 11.3 Å². The van der Waals surface area contributed by atoms with Crippen molar-refractivity contribution in [3.8, 4) is 5.75 Å². The second-order valence-corrected chi connectivity index (χ2v) is 10.2. The summed E-state index contributed by atoms with van der Waals surface area (Å²) in [6, 6.07) is 14.6. The summed E-state index contributed by atoms with van der Waals surface area (Å²) >= 11 is 1.30. The highest BCUT2D eigenvalue weighted by Gasteiger charge is 2.55. The maximum atomic E-state index is 13.8. The van der Waals surface area contributed by atoms with E-state index in [1.54, 1.807) is 10.8 Å². The molecule has 8 nitrogen and oxygen atoms in total. The number of nitrogens with zero attached hydrogens (tertiary/aromatic N) is 4. The molecule has 182 valence electrons. The Kier molecular flexibility index (Phi) is 5.19. The molecule has 2 aromatic carbocycles. The van der Waals surface area contributed by atoms with Crippen LogP contribution in [0, 0.1) is 12.8 Å². The third-order valence-corrected chi connectivity index (χ3v) is 7.82. The van der Waals surface area contributed by atoms with Gasteiger partial charge in [0.25, 0.3) is 5.56 Å². The number of anilines is 1. The average molecular weight is 500 g/mol. The molecule has 2 aliphatic rings. The standard InChI is InChI=1S/C27H25N5O3S/c1-4-31-15-17(14-28-31)13-21-25(34)32-23-18-10-6-8-12-20(18)35-27(3,30-26(32)36-21)22(23)24(33)29-19-11-7-5-9-16(19)2/h5-15,22-23H,4H2,1-3H3,(H,29,33)/b21-13-/t22-,23+,27+/m1/s1. The fraction of sp³-hybridized carbons (Fsp3) is 0.259. The first-order chi connectivity index (χ1) is 17.4. The first-order valence-corrected chi connectivity index (χ1v) is 12.7. The minimum atomic E-state index is -1.17. The molecule has 2 aromatic heterocycles. The van der Waals surface area contributed by atoms with Crippen LogP contribution in [0.25, 0.3) is 6.08 Å². The molecule has 4 heterocycles. The zero-order chi connectivity index (χ0) is 25.0. The van der Waals surface area contributed by atoms with Gasteiger partial charge in [-0.15, -0.1) is 0 Å². The lowest BCUT2D eigenvalue weighted by atomic mass is 9.80. The van der Waals surface area contributed by atoms with Crippen molar-refractivity contribution in [1.82, 2.24) is 14.3 Å². The summed E-state index contributed by atoms with van der Waals surface area (Å²) in [5, 5.41) is 7.36. The van der Waals surface area contributed by atoms with Crippen LogP contribution in [-0.4, -0.2) is 26.0 Å². The molecule has 0 fully saturated rings. The molecule has 0 unspecified atom stereocenters. The van der Waals surface area contributed by atoms with E-state index < -0.39 is 17.7 Å². The predicted octanol–water partition coefficient (Wildman–Crippen LogP) is 2.85. The summed E-state index contributed by atoms with van der Waals surface area (Å²) in [4.78, 5) is 33.0. The van der Waals surface area contributed by atoms with Crippen molar-refractivity contribution < 1.29 is 9.53 Å². The van der Waals surface area contributed by atoms with Gasteiger partial charge in [0.15, 0.2) is 4.80 Å². The molecule has 36 heavy (non-hydrogen) atoms. The molecule has 1 N–H and O–H groups in total. The van der Waals surface area contributed by atoms with Crippen molar-refractivity contribution in [1.29, 1.82) is 0 Å². The lowest BCUT2D eigenvalue weighted by Crippen LogP contribution is -2.59. The smallest absolute Gasteiger partial charge is 0.270 e. The number of carbonyl (C=O) groups is 1. The normalized spacial score (nSPS) is 22.2. The van der Waals surface area contributed by atoms with Crippen molar-refractivity contribution in [2.45, 2.75) is 39.1 Å². The number of ether oxygens (including phenoxy) is 1. The van der Waals surface area contributed by atoms with E-state index in [9.17, 15) is 9.59 Å². The first-order valence-electron chi connectivity index (χ1n) is 11.9. The van der Waals surface area contributed by atoms with E-state index in [1.165, 1.54) is 11.3 Å². The highest BCUT2D eigenvalue weighted by molar-refractivity contribution is 7.07. The number of nitrogens with one attached hydrogen (secondary N) is 1. The van der Waals surface area contributed by atoms with Gasteiger partial charge in [0.05, 0.1) is 16.8 Å². The molecule has 4 aromatic rings. The average Bonchev–Trinajstić information content (AvgIpc) is 3.43. The van der Waals surface area contributed by atoms with Gasteiger partial charge in [-0.1, -0.05) is 47.7 Å². The number of carbonyl (C=O) groups excluding carboxylic acids is 1. The Bertz CT molecular complexity index is 1680. The molecule has 0 spiro atoms. The molecule has 1 amide bonds. The lowest BCUT2D eigenvalue weighted by Gasteiger charge is -2.45. The van der Waals surface area contributed by atoms with Gasteiger partial charge in [-0.2, -0.15) is 5.10 Å². The van der Waals surface area contributed by atoms with Crippen LogP contribution in [0.2, 0.25) is 0 Å². The summed E-state index contributed by atoms with van der Waals surface area (Å²) in [6.45, 7) is 6.52. The van der Waals surface area contributed by atoms with Gasteiger partial charge in [0.2, 0.25) is 11.6 Å². The molecule has 2 bridgehead atoms. The number of aromatic nitrogens is 3. The quantitative estimate of drug-likeness (QED) is 0.468. The van der Waals surface area contributed by atoms with Crippen molar-refractivity contribution in [3.05, 3.63) is 97.3 Å². The Hall–Kier alpha value is -3.98. The van der Waals surface area contributed by atoms with Crippen LogP contribution in [0.4, 0.5) is 5.69 Å². The van der Waals surface area contributed by atoms with E-state index in [-0.39, 0.29) is 11.5 Å². The van der Waals surface area contributed by atoms with Crippen LogP contribution in [-0.2, 0) is 11.3 Å². The monoisotopic (exact) mass is 499 g/mol. The molecule has 0 saturated heterocycles. The summed E-state index contributed by atoms with van der Waals surface area (Å²) in [5.41, 5.74) is 1.96. The van der Waals surface area contributed by atoms with Gasteiger partial charge >= 0.3 is 0 Å². The van der Waals surface area contributed by atoms with Gasteiger partial charge in [-0.05, 0) is 44.5 Å². The van der Waals surface area contributed by atoms with Gasteiger partial charge in [-0.3, -0.25) is 18.8 Å². The van der Waals surface area contributed by atoms with Crippen LogP contribution in [0.5, 0.6) is 5.75 Å². The van der Waals surface area contributed by atoms with E-state index in [4.69, 9.17) is 9.73 Å². The number of thiazole rings is 1. The summed E-state index contributed by atoms with van der Waals surface area (Å²) in [6.07, 6.45) is 5.46. The first kappa shape index (κ1) is 22.5. The number of hydrogen-bond acceptors (Lipinski definition) is 6. The number of para-hydroxylation sites is 2. The maximum absolute atomic E-state index is 13.8. The van der Waals surface area contributed by atoms with Gasteiger partial charge < -0.3 is 10.1 Å². The zero-order valence-corrected chi connectivity index (χ0v) is 21.0. The topological polar surface area (TPSA) is 90.5 Å². The van der Waals surface area contributed by atoms with Gasteiger partial charge in [-0.25, -0.2) is 4.99 Å². The fourth-order valence-corrected chi connectivity index (χ4v) is 6.14. The third-order valence-electron chi connectivity index (χ3n) is 6.84. The molecule has 9 heteroatoms. The minimum absolute atomic E-state index is 0.180. The summed E-state index contributed by atoms with van der Waals surface area (Å²) in [7, 11) is 0. The Morgan fingerprint density at radius 2 is 2.00 bits per heavy atom. The number of rotatable bonds is 4. The predicted molar refractivity (Wildman–Crippen MR) is 138 cm³/mol. The third kappa shape index (κ3) is 3.50. The van der Waals surface area contributed by atoms with Crippen LogP contribution < -0.4 is 24.9 Å². The van der Waals surface area contributed by atoms with Crippen molar-refractivity contribution >= 4 is 29.0 Å². The largest absolute Gasteiger partial charge is 0.465 e. The number of aryl methyl sites for hydroxylation is 2. The second-order valence-electron chi connectivity index (χ2n) is 9.23. The van der Waals surface area contributed by atoms with Crippen LogP contribution in [0.1, 0.15) is 36.6 Å². The fourth-order valence-electron chi connectivity index (χ4n) is 5.05. The molecule has 0 aliphatic carbocycles. The van der Waals surface area contributed by atoms with Gasteiger partial charge in [0, 0.05) is 29.6 Å². The van der Waals surface area contributed by atoms with Crippen LogP contribution in [0.3, 0.4) is 0 Å². The van der Waals surface area contributed by atoms with E-state index in [1.807, 2.05) is 86.3 Å². The zero-order valence-electron chi connectivity index (χ0n) is 20.1. The van der Waals surface area contributed by atoms with E-state index >= 15 is 0 Å². The Morgan fingerprint density at radius 1 is 1.22 bits per heavy atom. The molecule has 0 saturated carbocycles. The molecule has 3 atom stereocenters. The van der Waals surface area contributed by atoms with E-state index in [0.29, 0.717) is 15.1 Å². The van der Waals surface area contributed by atoms with Crippen molar-refractivity contribution in [2.75, 3.05) is 5.32 Å². The number of hydrogen-bond donors (Lipinski definition) is 1. The molecule has 2 aliphatic heterocycles. The highest BCUT2D eigenvalue weighted by atomic mass is 32.1. The Balaban J connectivity index is 1.53. The molecule has 6 rings (SSSR count). The lowest BCUT2D eigenvalue weighted by molar-refractivity contribution is -0.131.